The summed E-state index contributed by atoms with van der Waals surface area (Å²) in [4.78, 5) is -0.0997. The largest absolute Gasteiger partial charge is 0.244 e. The first kappa shape index (κ1) is 18.9. The van der Waals surface area contributed by atoms with Crippen molar-refractivity contribution in [2.45, 2.75) is 17.4 Å². The number of hydrogen-bond donors (Lipinski definition) is 1. The number of nitrogens with one attached hydrogen (secondary N) is 1. The third kappa shape index (κ3) is 4.46. The van der Waals surface area contributed by atoms with Crippen LogP contribution in [-0.2, 0) is 16.4 Å². The summed E-state index contributed by atoms with van der Waals surface area (Å²) in [5, 5.41) is 0.188. The number of benzene rings is 3. The summed E-state index contributed by atoms with van der Waals surface area (Å²) in [7, 11) is -3.90. The molecular formula is C20H17Cl2NO2S. The van der Waals surface area contributed by atoms with Gasteiger partial charge in [0.25, 0.3) is 0 Å². The number of hydrogen-bond acceptors (Lipinski definition) is 2. The maximum atomic E-state index is 13.0. The van der Waals surface area contributed by atoms with Crippen molar-refractivity contribution in [2.24, 2.45) is 0 Å². The predicted octanol–water partition coefficient (Wildman–Crippen LogP) is 5.26. The van der Waals surface area contributed by atoms with Crippen molar-refractivity contribution >= 4 is 33.2 Å². The molecule has 134 valence electrons. The summed E-state index contributed by atoms with van der Waals surface area (Å²) in [5.74, 6) is 0. The van der Waals surface area contributed by atoms with E-state index in [1.54, 1.807) is 6.07 Å². The molecule has 0 amide bonds. The first-order valence-corrected chi connectivity index (χ1v) is 10.3. The third-order valence-electron chi connectivity index (χ3n) is 3.97. The molecule has 0 heterocycles. The minimum absolute atomic E-state index is 0.0940. The third-order valence-corrected chi connectivity index (χ3v) is 6.40. The van der Waals surface area contributed by atoms with E-state index in [0.29, 0.717) is 6.42 Å². The molecule has 6 heteroatoms. The Bertz CT molecular complexity index is 957. The first-order chi connectivity index (χ1) is 12.5. The van der Waals surface area contributed by atoms with Crippen molar-refractivity contribution in [2.75, 3.05) is 0 Å². The Kier molecular flexibility index (Phi) is 5.99. The fourth-order valence-corrected chi connectivity index (χ4v) is 5.12. The van der Waals surface area contributed by atoms with Crippen LogP contribution in [0.25, 0.3) is 0 Å². The zero-order valence-corrected chi connectivity index (χ0v) is 16.1. The van der Waals surface area contributed by atoms with Crippen LogP contribution in [0.4, 0.5) is 0 Å². The van der Waals surface area contributed by atoms with Gasteiger partial charge in [-0.1, -0.05) is 89.9 Å². The SMILES string of the molecule is O=S(=O)(NC(Cc1ccccc1)c1ccccc1)c1c(Cl)cccc1Cl. The van der Waals surface area contributed by atoms with Crippen molar-refractivity contribution in [1.29, 1.82) is 0 Å². The molecule has 3 nitrogen and oxygen atoms in total. The molecule has 0 saturated heterocycles. The highest BCUT2D eigenvalue weighted by Gasteiger charge is 2.26. The first-order valence-electron chi connectivity index (χ1n) is 8.02. The molecule has 0 fully saturated rings. The molecule has 1 unspecified atom stereocenters. The summed E-state index contributed by atoms with van der Waals surface area (Å²) in [5.41, 5.74) is 1.89. The van der Waals surface area contributed by atoms with Crippen molar-refractivity contribution in [3.63, 3.8) is 0 Å². The molecule has 0 aliphatic heterocycles. The number of rotatable bonds is 6. The molecule has 26 heavy (non-hydrogen) atoms. The van der Waals surface area contributed by atoms with Crippen LogP contribution in [0.5, 0.6) is 0 Å². The van der Waals surface area contributed by atoms with E-state index in [0.717, 1.165) is 11.1 Å². The Labute approximate surface area is 163 Å². The molecule has 0 bridgehead atoms. The van der Waals surface area contributed by atoms with Crippen molar-refractivity contribution < 1.29 is 8.42 Å². The van der Waals surface area contributed by atoms with E-state index < -0.39 is 16.1 Å². The summed E-state index contributed by atoms with van der Waals surface area (Å²) in [6, 6.07) is 23.3. The average Bonchev–Trinajstić information content (AvgIpc) is 2.62. The second kappa shape index (κ2) is 8.23. The van der Waals surface area contributed by atoms with Gasteiger partial charge in [0.1, 0.15) is 4.90 Å². The van der Waals surface area contributed by atoms with Crippen molar-refractivity contribution in [3.05, 3.63) is 100 Å². The fraction of sp³-hybridized carbons (Fsp3) is 0.100. The van der Waals surface area contributed by atoms with Crippen LogP contribution in [-0.4, -0.2) is 8.42 Å². The van der Waals surface area contributed by atoms with E-state index in [1.165, 1.54) is 12.1 Å². The quantitative estimate of drug-likeness (QED) is 0.607. The second-order valence-corrected chi connectivity index (χ2v) is 8.29. The Morgan fingerprint density at radius 2 is 1.31 bits per heavy atom. The van der Waals surface area contributed by atoms with Gasteiger partial charge in [0.05, 0.1) is 16.1 Å². The van der Waals surface area contributed by atoms with Gasteiger partial charge >= 0.3 is 0 Å². The molecule has 0 saturated carbocycles. The molecule has 0 aliphatic carbocycles. The monoisotopic (exact) mass is 405 g/mol. The summed E-state index contributed by atoms with van der Waals surface area (Å²) in [6.07, 6.45) is 0.506. The van der Waals surface area contributed by atoms with Gasteiger partial charge in [-0.15, -0.1) is 0 Å². The van der Waals surface area contributed by atoms with Gasteiger partial charge in [-0.05, 0) is 29.7 Å². The zero-order chi connectivity index (χ0) is 18.6. The molecule has 3 aromatic carbocycles. The summed E-state index contributed by atoms with van der Waals surface area (Å²) < 4.78 is 28.7. The van der Waals surface area contributed by atoms with E-state index in [-0.39, 0.29) is 14.9 Å². The number of halogens is 2. The number of sulfonamides is 1. The van der Waals surface area contributed by atoms with Gasteiger partial charge in [0.15, 0.2) is 0 Å². The van der Waals surface area contributed by atoms with Crippen LogP contribution in [0.2, 0.25) is 10.0 Å². The van der Waals surface area contributed by atoms with Gasteiger partial charge in [-0.2, -0.15) is 0 Å². The lowest BCUT2D eigenvalue weighted by Gasteiger charge is -2.20. The average molecular weight is 406 g/mol. The van der Waals surface area contributed by atoms with E-state index in [1.807, 2.05) is 60.7 Å². The van der Waals surface area contributed by atoms with Crippen LogP contribution in [0, 0.1) is 0 Å². The highest BCUT2D eigenvalue weighted by molar-refractivity contribution is 7.89. The molecule has 1 N–H and O–H groups in total. The molecule has 0 aromatic heterocycles. The lowest BCUT2D eigenvalue weighted by Crippen LogP contribution is -2.30. The molecule has 3 rings (SSSR count). The van der Waals surface area contributed by atoms with Crippen LogP contribution in [0.1, 0.15) is 17.2 Å². The Balaban J connectivity index is 1.97. The Morgan fingerprint density at radius 1 is 0.769 bits per heavy atom. The maximum absolute atomic E-state index is 13.0. The minimum Gasteiger partial charge on any atom is -0.207 e. The Morgan fingerprint density at radius 3 is 1.88 bits per heavy atom. The van der Waals surface area contributed by atoms with Crippen LogP contribution in [0.15, 0.2) is 83.8 Å². The van der Waals surface area contributed by atoms with E-state index in [9.17, 15) is 8.42 Å². The second-order valence-electron chi connectivity index (χ2n) is 5.83. The highest BCUT2D eigenvalue weighted by Crippen LogP contribution is 2.30. The molecule has 0 spiro atoms. The van der Waals surface area contributed by atoms with E-state index in [2.05, 4.69) is 4.72 Å². The van der Waals surface area contributed by atoms with Crippen molar-refractivity contribution in [3.8, 4) is 0 Å². The van der Waals surface area contributed by atoms with Crippen molar-refractivity contribution in [1.82, 2.24) is 4.72 Å². The molecule has 0 aliphatic rings. The molecule has 0 radical (unpaired) electrons. The van der Waals surface area contributed by atoms with E-state index in [4.69, 9.17) is 23.2 Å². The normalized spacial score (nSPS) is 12.7. The van der Waals surface area contributed by atoms with Gasteiger partial charge in [0.2, 0.25) is 10.0 Å². The predicted molar refractivity (Wildman–Crippen MR) is 106 cm³/mol. The molecule has 3 aromatic rings. The smallest absolute Gasteiger partial charge is 0.207 e. The summed E-state index contributed by atoms with van der Waals surface area (Å²) in [6.45, 7) is 0. The van der Waals surface area contributed by atoms with Gasteiger partial charge < -0.3 is 0 Å². The topological polar surface area (TPSA) is 46.2 Å². The molecular weight excluding hydrogens is 389 g/mol. The highest BCUT2D eigenvalue weighted by atomic mass is 35.5. The van der Waals surface area contributed by atoms with Gasteiger partial charge in [-0.3, -0.25) is 0 Å². The fourth-order valence-electron chi connectivity index (χ4n) is 2.75. The van der Waals surface area contributed by atoms with E-state index >= 15 is 0 Å². The zero-order valence-electron chi connectivity index (χ0n) is 13.8. The summed E-state index contributed by atoms with van der Waals surface area (Å²) >= 11 is 12.2. The van der Waals surface area contributed by atoms with Crippen LogP contribution in [0.3, 0.4) is 0 Å². The lowest BCUT2D eigenvalue weighted by atomic mass is 10.00. The minimum atomic E-state index is -3.90. The standard InChI is InChI=1S/C20H17Cl2NO2S/c21-17-12-7-13-18(22)20(17)26(24,25)23-19(16-10-5-2-6-11-16)14-15-8-3-1-4-9-15/h1-13,19,23H,14H2. The lowest BCUT2D eigenvalue weighted by molar-refractivity contribution is 0.555. The van der Waals surface area contributed by atoms with Gasteiger partial charge in [-0.25, -0.2) is 13.1 Å². The van der Waals surface area contributed by atoms with Crippen LogP contribution >= 0.6 is 23.2 Å². The maximum Gasteiger partial charge on any atom is 0.244 e. The van der Waals surface area contributed by atoms with Gasteiger partial charge in [0, 0.05) is 0 Å². The Hall–Kier alpha value is -1.85. The molecule has 1 atom stereocenters. The van der Waals surface area contributed by atoms with Crippen LogP contribution < -0.4 is 4.72 Å².